The number of carboxylic acid groups (broad SMARTS) is 1. The molecule has 0 radical (unpaired) electrons. The predicted octanol–water partition coefficient (Wildman–Crippen LogP) is 3.42. The molecule has 2 fully saturated rings. The number of carboxylic acids is 1. The Morgan fingerprint density at radius 3 is 2.67 bits per heavy atom. The van der Waals surface area contributed by atoms with Crippen LogP contribution >= 0.6 is 0 Å². The second-order valence-electron chi connectivity index (χ2n) is 6.41. The smallest absolute Gasteiger partial charge is 0.307 e. The van der Waals surface area contributed by atoms with Crippen molar-refractivity contribution in [3.8, 4) is 0 Å². The largest absolute Gasteiger partial charge is 0.481 e. The van der Waals surface area contributed by atoms with E-state index in [1.165, 1.54) is 18.6 Å². The zero-order valence-electron chi connectivity index (χ0n) is 12.1. The molecular weight excluding hydrogens is 271 g/mol. The van der Waals surface area contributed by atoms with Gasteiger partial charge in [-0.1, -0.05) is 12.1 Å². The molecule has 1 N–H and O–H groups in total. The summed E-state index contributed by atoms with van der Waals surface area (Å²) in [5, 5.41) is 9.59. The van der Waals surface area contributed by atoms with Crippen molar-refractivity contribution < 1.29 is 19.0 Å². The van der Waals surface area contributed by atoms with Gasteiger partial charge in [-0.15, -0.1) is 0 Å². The van der Waals surface area contributed by atoms with Gasteiger partial charge < -0.3 is 9.84 Å². The quantitative estimate of drug-likeness (QED) is 0.925. The zero-order valence-corrected chi connectivity index (χ0v) is 12.1. The van der Waals surface area contributed by atoms with Crippen LogP contribution in [-0.4, -0.2) is 23.3 Å². The minimum atomic E-state index is -0.749. The highest BCUT2D eigenvalue weighted by molar-refractivity contribution is 5.70. The average molecular weight is 292 g/mol. The third kappa shape index (κ3) is 3.10. The molecule has 1 aromatic carbocycles. The van der Waals surface area contributed by atoms with Gasteiger partial charge in [-0.05, 0) is 62.1 Å². The second kappa shape index (κ2) is 5.76. The molecule has 3 nitrogen and oxygen atoms in total. The van der Waals surface area contributed by atoms with Crippen molar-refractivity contribution in [3.05, 3.63) is 35.6 Å². The van der Waals surface area contributed by atoms with Crippen LogP contribution in [-0.2, 0) is 16.0 Å². The van der Waals surface area contributed by atoms with E-state index in [1.54, 1.807) is 12.1 Å². The van der Waals surface area contributed by atoms with Crippen LogP contribution in [0.4, 0.5) is 4.39 Å². The third-order valence-electron chi connectivity index (χ3n) is 5.05. The van der Waals surface area contributed by atoms with Gasteiger partial charge in [0.25, 0.3) is 0 Å². The summed E-state index contributed by atoms with van der Waals surface area (Å²) >= 11 is 0. The van der Waals surface area contributed by atoms with Gasteiger partial charge in [0.1, 0.15) is 5.82 Å². The summed E-state index contributed by atoms with van der Waals surface area (Å²) in [6.07, 6.45) is 5.43. The van der Waals surface area contributed by atoms with Gasteiger partial charge in [-0.2, -0.15) is 0 Å². The van der Waals surface area contributed by atoms with E-state index in [1.807, 2.05) is 0 Å². The van der Waals surface area contributed by atoms with E-state index in [-0.39, 0.29) is 17.3 Å². The molecule has 2 unspecified atom stereocenters. The first-order chi connectivity index (χ1) is 10.1. The maximum atomic E-state index is 13.0. The molecule has 4 heteroatoms. The van der Waals surface area contributed by atoms with Crippen LogP contribution < -0.4 is 0 Å². The summed E-state index contributed by atoms with van der Waals surface area (Å²) in [6.45, 7) is 0.665. The number of hydrogen-bond donors (Lipinski definition) is 1. The summed E-state index contributed by atoms with van der Waals surface area (Å²) in [5.41, 5.74) is 0.845. The van der Waals surface area contributed by atoms with Gasteiger partial charge in [0.15, 0.2) is 0 Å². The van der Waals surface area contributed by atoms with Crippen molar-refractivity contribution in [1.29, 1.82) is 0 Å². The molecule has 0 aromatic heterocycles. The van der Waals surface area contributed by atoms with E-state index in [9.17, 15) is 14.3 Å². The number of ether oxygens (including phenoxy) is 1. The molecule has 2 atom stereocenters. The topological polar surface area (TPSA) is 46.5 Å². The molecule has 1 aliphatic heterocycles. The maximum absolute atomic E-state index is 13.0. The van der Waals surface area contributed by atoms with Crippen LogP contribution in [0, 0.1) is 17.7 Å². The summed E-state index contributed by atoms with van der Waals surface area (Å²) in [5.74, 6) is -1.29. The number of hydrogen-bond acceptors (Lipinski definition) is 2. The summed E-state index contributed by atoms with van der Waals surface area (Å²) < 4.78 is 18.8. The maximum Gasteiger partial charge on any atom is 0.307 e. The fraction of sp³-hybridized carbons (Fsp3) is 0.588. The van der Waals surface area contributed by atoms with Gasteiger partial charge in [0, 0.05) is 6.61 Å². The number of aliphatic carboxylic acids is 1. The van der Waals surface area contributed by atoms with Crippen molar-refractivity contribution in [2.75, 3.05) is 6.61 Å². The Morgan fingerprint density at radius 2 is 2.10 bits per heavy atom. The summed E-state index contributed by atoms with van der Waals surface area (Å²) in [6, 6.07) is 6.16. The first kappa shape index (κ1) is 14.5. The number of carbonyl (C=O) groups is 1. The predicted molar refractivity (Wildman–Crippen MR) is 76.5 cm³/mol. The van der Waals surface area contributed by atoms with Gasteiger partial charge in [-0.3, -0.25) is 4.79 Å². The van der Waals surface area contributed by atoms with Crippen molar-refractivity contribution >= 4 is 5.97 Å². The van der Waals surface area contributed by atoms with Gasteiger partial charge in [-0.25, -0.2) is 4.39 Å². The molecule has 2 aliphatic rings. The molecule has 1 spiro atoms. The van der Waals surface area contributed by atoms with Crippen molar-refractivity contribution in [3.63, 3.8) is 0 Å². The lowest BCUT2D eigenvalue weighted by atomic mass is 9.68. The molecule has 1 saturated carbocycles. The highest BCUT2D eigenvalue weighted by atomic mass is 19.1. The van der Waals surface area contributed by atoms with Crippen LogP contribution in [0.2, 0.25) is 0 Å². The molecular formula is C17H21FO3. The Hall–Kier alpha value is -1.42. The van der Waals surface area contributed by atoms with Crippen LogP contribution in [0.1, 0.15) is 37.7 Å². The summed E-state index contributed by atoms with van der Waals surface area (Å²) in [4.78, 5) is 11.7. The Labute approximate surface area is 124 Å². The van der Waals surface area contributed by atoms with Gasteiger partial charge in [0.05, 0.1) is 11.5 Å². The highest BCUT2D eigenvalue weighted by Gasteiger charge is 2.45. The molecule has 1 aliphatic carbocycles. The van der Waals surface area contributed by atoms with Crippen LogP contribution in [0.25, 0.3) is 0 Å². The normalized spacial score (nSPS) is 25.3. The molecule has 1 heterocycles. The minimum Gasteiger partial charge on any atom is -0.481 e. The average Bonchev–Trinajstić information content (AvgIpc) is 2.45. The van der Waals surface area contributed by atoms with Crippen molar-refractivity contribution in [1.82, 2.24) is 0 Å². The Kier molecular flexibility index (Phi) is 3.98. The van der Waals surface area contributed by atoms with Crippen LogP contribution in [0.5, 0.6) is 0 Å². The fourth-order valence-electron chi connectivity index (χ4n) is 3.66. The lowest BCUT2D eigenvalue weighted by Gasteiger charge is -2.48. The number of rotatable bonds is 4. The highest BCUT2D eigenvalue weighted by Crippen LogP contribution is 2.46. The first-order valence-corrected chi connectivity index (χ1v) is 7.69. The Morgan fingerprint density at radius 1 is 1.38 bits per heavy atom. The van der Waals surface area contributed by atoms with E-state index < -0.39 is 11.9 Å². The lowest BCUT2D eigenvalue weighted by molar-refractivity contribution is -0.162. The standard InChI is InChI=1S/C17H21FO3/c18-14-4-2-12(3-5-14)10-15(16(19)20)13-6-9-21-17(11-13)7-1-8-17/h2-5,13,15H,1,6-11H2,(H,19,20). The van der Waals surface area contributed by atoms with Crippen LogP contribution in [0.3, 0.4) is 0 Å². The minimum absolute atomic E-state index is 0.0422. The molecule has 114 valence electrons. The SMILES string of the molecule is O=C(O)C(Cc1ccc(F)cc1)C1CCOC2(CCC2)C1. The lowest BCUT2D eigenvalue weighted by Crippen LogP contribution is -2.48. The van der Waals surface area contributed by atoms with Gasteiger partial charge in [0.2, 0.25) is 0 Å². The van der Waals surface area contributed by atoms with Crippen LogP contribution in [0.15, 0.2) is 24.3 Å². The molecule has 3 rings (SSSR count). The Balaban J connectivity index is 1.71. The summed E-state index contributed by atoms with van der Waals surface area (Å²) in [7, 11) is 0. The molecule has 0 amide bonds. The second-order valence-corrected chi connectivity index (χ2v) is 6.41. The molecule has 0 bridgehead atoms. The number of benzene rings is 1. The monoisotopic (exact) mass is 292 g/mol. The Bertz CT molecular complexity index is 507. The van der Waals surface area contributed by atoms with E-state index in [0.717, 1.165) is 31.2 Å². The molecule has 1 aromatic rings. The zero-order chi connectivity index (χ0) is 14.9. The number of halogens is 1. The van der Waals surface area contributed by atoms with E-state index in [2.05, 4.69) is 0 Å². The van der Waals surface area contributed by atoms with Crippen molar-refractivity contribution in [2.45, 2.75) is 44.1 Å². The van der Waals surface area contributed by atoms with Crippen molar-refractivity contribution in [2.24, 2.45) is 11.8 Å². The third-order valence-corrected chi connectivity index (χ3v) is 5.05. The van der Waals surface area contributed by atoms with E-state index in [4.69, 9.17) is 4.74 Å². The first-order valence-electron chi connectivity index (χ1n) is 7.69. The fourth-order valence-corrected chi connectivity index (χ4v) is 3.66. The van der Waals surface area contributed by atoms with E-state index >= 15 is 0 Å². The van der Waals surface area contributed by atoms with E-state index in [0.29, 0.717) is 13.0 Å². The van der Waals surface area contributed by atoms with Gasteiger partial charge >= 0.3 is 5.97 Å². The molecule has 1 saturated heterocycles. The molecule has 21 heavy (non-hydrogen) atoms.